The zero-order valence-corrected chi connectivity index (χ0v) is 15.5. The van der Waals surface area contributed by atoms with E-state index in [0.29, 0.717) is 11.6 Å². The predicted molar refractivity (Wildman–Crippen MR) is 100 cm³/mol. The van der Waals surface area contributed by atoms with Gasteiger partial charge in [0.1, 0.15) is 5.82 Å². The Labute approximate surface area is 150 Å². The van der Waals surface area contributed by atoms with Gasteiger partial charge in [0, 0.05) is 22.0 Å². The summed E-state index contributed by atoms with van der Waals surface area (Å²) in [6, 6.07) is 7.35. The topological polar surface area (TPSA) is 71.8 Å². The average Bonchev–Trinajstić information content (AvgIpc) is 3.13. The highest BCUT2D eigenvalue weighted by Gasteiger charge is 2.15. The number of pyridine rings is 1. The second-order valence-corrected chi connectivity index (χ2v) is 7.47. The molecule has 0 fully saturated rings. The van der Waals surface area contributed by atoms with Gasteiger partial charge < -0.3 is 5.32 Å². The zero-order valence-electron chi connectivity index (χ0n) is 14.7. The van der Waals surface area contributed by atoms with E-state index < -0.39 is 0 Å². The Morgan fingerprint density at radius 1 is 1.20 bits per heavy atom. The van der Waals surface area contributed by atoms with Crippen LogP contribution in [-0.2, 0) is 0 Å². The number of aromatic nitrogens is 3. The maximum atomic E-state index is 12.4. The smallest absolute Gasteiger partial charge is 0.320 e. The number of hydrogen-bond donors (Lipinski definition) is 2. The summed E-state index contributed by atoms with van der Waals surface area (Å²) < 4.78 is 1.61. The molecule has 130 valence electrons. The van der Waals surface area contributed by atoms with Crippen molar-refractivity contribution in [2.24, 2.45) is 0 Å². The van der Waals surface area contributed by atoms with Crippen LogP contribution in [0.2, 0.25) is 0 Å². The van der Waals surface area contributed by atoms with Gasteiger partial charge in [-0.1, -0.05) is 0 Å². The maximum Gasteiger partial charge on any atom is 0.320 e. The second-order valence-electron chi connectivity index (χ2n) is 6.01. The fourth-order valence-corrected chi connectivity index (χ4v) is 3.75. The van der Waals surface area contributed by atoms with Gasteiger partial charge in [0.05, 0.1) is 12.2 Å². The molecular formula is C18H21N5OS. The third kappa shape index (κ3) is 3.88. The Bertz CT molecular complexity index is 899. The molecule has 1 atom stereocenters. The van der Waals surface area contributed by atoms with Gasteiger partial charge in [-0.05, 0) is 57.0 Å². The summed E-state index contributed by atoms with van der Waals surface area (Å²) in [5.74, 6) is 1.23. The van der Waals surface area contributed by atoms with Crippen LogP contribution in [0, 0.1) is 20.8 Å². The van der Waals surface area contributed by atoms with Gasteiger partial charge in [-0.25, -0.2) is 9.78 Å². The number of nitrogens with one attached hydrogen (secondary N) is 2. The SMILES string of the molecule is Cc1ccnc(-n2nccc2NC(=O)N[C@@H](C)c2cc(C)sc2C)c1. The molecule has 7 heteroatoms. The highest BCUT2D eigenvalue weighted by atomic mass is 32.1. The Kier molecular flexibility index (Phi) is 4.85. The second kappa shape index (κ2) is 7.06. The van der Waals surface area contributed by atoms with Crippen molar-refractivity contribution in [3.8, 4) is 5.82 Å². The minimum Gasteiger partial charge on any atom is -0.331 e. The summed E-state index contributed by atoms with van der Waals surface area (Å²) in [5.41, 5.74) is 2.22. The van der Waals surface area contributed by atoms with Crippen molar-refractivity contribution in [3.05, 3.63) is 57.5 Å². The van der Waals surface area contributed by atoms with E-state index in [1.54, 1.807) is 34.5 Å². The summed E-state index contributed by atoms with van der Waals surface area (Å²) in [6.45, 7) is 8.11. The van der Waals surface area contributed by atoms with Crippen LogP contribution in [0.4, 0.5) is 10.6 Å². The van der Waals surface area contributed by atoms with Gasteiger partial charge in [0.25, 0.3) is 0 Å². The maximum absolute atomic E-state index is 12.4. The van der Waals surface area contributed by atoms with Gasteiger partial charge in [-0.2, -0.15) is 9.78 Å². The predicted octanol–water partition coefficient (Wildman–Crippen LogP) is 4.14. The van der Waals surface area contributed by atoms with Crippen LogP contribution < -0.4 is 10.6 Å². The number of carbonyl (C=O) groups is 1. The summed E-state index contributed by atoms with van der Waals surface area (Å²) in [4.78, 5) is 19.1. The molecule has 3 aromatic heterocycles. The number of aryl methyl sites for hydroxylation is 3. The molecule has 0 aliphatic heterocycles. The first-order chi connectivity index (χ1) is 11.9. The van der Waals surface area contributed by atoms with E-state index in [-0.39, 0.29) is 12.1 Å². The lowest BCUT2D eigenvalue weighted by molar-refractivity contribution is 0.249. The molecule has 0 spiro atoms. The average molecular weight is 355 g/mol. The lowest BCUT2D eigenvalue weighted by Crippen LogP contribution is -2.32. The highest BCUT2D eigenvalue weighted by Crippen LogP contribution is 2.26. The summed E-state index contributed by atoms with van der Waals surface area (Å²) in [5, 5.41) is 10.1. The first-order valence-corrected chi connectivity index (χ1v) is 8.87. The molecule has 3 rings (SSSR count). The van der Waals surface area contributed by atoms with Crippen LogP contribution in [-0.4, -0.2) is 20.8 Å². The molecule has 2 N–H and O–H groups in total. The summed E-state index contributed by atoms with van der Waals surface area (Å²) >= 11 is 1.74. The van der Waals surface area contributed by atoms with Crippen LogP contribution in [0.25, 0.3) is 5.82 Å². The van der Waals surface area contributed by atoms with Crippen LogP contribution in [0.3, 0.4) is 0 Å². The number of urea groups is 1. The minimum absolute atomic E-state index is 0.0709. The molecule has 0 aliphatic carbocycles. The van der Waals surface area contributed by atoms with Gasteiger partial charge in [-0.15, -0.1) is 11.3 Å². The fourth-order valence-electron chi connectivity index (χ4n) is 2.72. The van der Waals surface area contributed by atoms with Crippen LogP contribution in [0.5, 0.6) is 0 Å². The number of amides is 2. The van der Waals surface area contributed by atoms with Crippen molar-refractivity contribution < 1.29 is 4.79 Å². The lowest BCUT2D eigenvalue weighted by Gasteiger charge is -2.15. The summed E-state index contributed by atoms with van der Waals surface area (Å²) in [6.07, 6.45) is 3.36. The molecule has 0 saturated carbocycles. The van der Waals surface area contributed by atoms with Crippen molar-refractivity contribution >= 4 is 23.2 Å². The van der Waals surface area contributed by atoms with Gasteiger partial charge in [0.15, 0.2) is 5.82 Å². The van der Waals surface area contributed by atoms with Crippen LogP contribution in [0.1, 0.15) is 33.8 Å². The Balaban J connectivity index is 1.72. The third-order valence-corrected chi connectivity index (χ3v) is 4.88. The molecule has 25 heavy (non-hydrogen) atoms. The van der Waals surface area contributed by atoms with E-state index in [4.69, 9.17) is 0 Å². The molecular weight excluding hydrogens is 334 g/mol. The van der Waals surface area contributed by atoms with E-state index in [0.717, 1.165) is 11.1 Å². The van der Waals surface area contributed by atoms with Crippen LogP contribution >= 0.6 is 11.3 Å². The molecule has 0 saturated heterocycles. The van der Waals surface area contributed by atoms with E-state index in [2.05, 4.69) is 40.6 Å². The zero-order chi connectivity index (χ0) is 18.0. The van der Waals surface area contributed by atoms with E-state index >= 15 is 0 Å². The molecule has 0 bridgehead atoms. The van der Waals surface area contributed by atoms with Gasteiger partial charge in [0.2, 0.25) is 0 Å². The number of hydrogen-bond acceptors (Lipinski definition) is 4. The van der Waals surface area contributed by atoms with Crippen LogP contribution in [0.15, 0.2) is 36.7 Å². The van der Waals surface area contributed by atoms with E-state index in [1.165, 1.54) is 9.75 Å². The molecule has 2 amide bonds. The molecule has 6 nitrogen and oxygen atoms in total. The fraction of sp³-hybridized carbons (Fsp3) is 0.278. The van der Waals surface area contributed by atoms with Crippen molar-refractivity contribution in [2.75, 3.05) is 5.32 Å². The molecule has 3 heterocycles. The standard InChI is InChI=1S/C18H21N5OS/c1-11-5-7-19-17(9-11)23-16(6-8-20-23)22-18(24)21-13(3)15-10-12(2)25-14(15)4/h5-10,13H,1-4H3,(H2,21,22,24)/t13-/m0/s1. The number of thiophene rings is 1. The van der Waals surface area contributed by atoms with E-state index in [1.807, 2.05) is 26.0 Å². The first-order valence-electron chi connectivity index (χ1n) is 8.05. The molecule has 0 aliphatic rings. The van der Waals surface area contributed by atoms with Crippen molar-refractivity contribution in [1.29, 1.82) is 0 Å². The van der Waals surface area contributed by atoms with Gasteiger partial charge >= 0.3 is 6.03 Å². The quantitative estimate of drug-likeness (QED) is 0.739. The lowest BCUT2D eigenvalue weighted by atomic mass is 10.1. The van der Waals surface area contributed by atoms with E-state index in [9.17, 15) is 4.79 Å². The van der Waals surface area contributed by atoms with Crippen molar-refractivity contribution in [3.63, 3.8) is 0 Å². The Morgan fingerprint density at radius 3 is 2.68 bits per heavy atom. The molecule has 0 unspecified atom stereocenters. The molecule has 0 radical (unpaired) electrons. The Hall–Kier alpha value is -2.67. The molecule has 3 aromatic rings. The number of carbonyl (C=O) groups excluding carboxylic acids is 1. The normalized spacial score (nSPS) is 12.0. The highest BCUT2D eigenvalue weighted by molar-refractivity contribution is 7.12. The first kappa shape index (κ1) is 17.2. The Morgan fingerprint density at radius 2 is 2.00 bits per heavy atom. The molecule has 0 aromatic carbocycles. The van der Waals surface area contributed by atoms with Gasteiger partial charge in [-0.3, -0.25) is 5.32 Å². The van der Waals surface area contributed by atoms with Crippen molar-refractivity contribution in [2.45, 2.75) is 33.7 Å². The monoisotopic (exact) mass is 355 g/mol. The summed E-state index contributed by atoms with van der Waals surface area (Å²) in [7, 11) is 0. The minimum atomic E-state index is -0.273. The largest absolute Gasteiger partial charge is 0.331 e. The number of rotatable bonds is 4. The third-order valence-electron chi connectivity index (χ3n) is 3.90. The van der Waals surface area contributed by atoms with Crippen molar-refractivity contribution in [1.82, 2.24) is 20.1 Å². The number of nitrogens with zero attached hydrogens (tertiary/aromatic N) is 3. The number of anilines is 1.